The first-order valence-electron chi connectivity index (χ1n) is 5.68. The van der Waals surface area contributed by atoms with Crippen LogP contribution < -0.4 is 9.61 Å². The van der Waals surface area contributed by atoms with E-state index >= 15 is 0 Å². The number of nitrogens with one attached hydrogen (secondary N) is 1. The molecule has 20 heavy (non-hydrogen) atoms. The second-order valence-corrected chi connectivity index (χ2v) is 6.48. The molecule has 0 saturated heterocycles. The number of aliphatic hydroxyl groups excluding tert-OH is 1. The van der Waals surface area contributed by atoms with Gasteiger partial charge in [0.2, 0.25) is 0 Å². The summed E-state index contributed by atoms with van der Waals surface area (Å²) >= 11 is 4.61. The van der Waals surface area contributed by atoms with E-state index in [-0.39, 0.29) is 17.1 Å². The maximum Gasteiger partial charge on any atom is 0.342 e. The molecule has 8 heteroatoms. The Hall–Kier alpha value is -1.45. The van der Waals surface area contributed by atoms with Gasteiger partial charge in [-0.25, -0.2) is 5.09 Å². The van der Waals surface area contributed by atoms with Crippen LogP contribution in [0.2, 0.25) is 0 Å². The van der Waals surface area contributed by atoms with Crippen molar-refractivity contribution in [1.82, 2.24) is 5.09 Å². The lowest BCUT2D eigenvalue weighted by Crippen LogP contribution is -2.32. The molecule has 0 aliphatic heterocycles. The van der Waals surface area contributed by atoms with Crippen molar-refractivity contribution in [3.05, 3.63) is 29.8 Å². The standard InChI is InChI=1S/C12H15N2O4PS/c1-9(12(15)20)14-19(16,8-17-2)18-11-5-3-4-10(6-11)7-13/h3-6,9H,8H2,1-2H3,(H,14,16)(H,15,20). The van der Waals surface area contributed by atoms with Crippen molar-refractivity contribution in [2.75, 3.05) is 13.5 Å². The molecule has 0 spiro atoms. The SMILES string of the molecule is COCP(=O)(NC(C)C(O)=S)Oc1cccc(C#N)c1. The molecule has 0 saturated carbocycles. The molecule has 0 aromatic heterocycles. The molecule has 6 nitrogen and oxygen atoms in total. The fourth-order valence-corrected chi connectivity index (χ4v) is 3.24. The average molecular weight is 314 g/mol. The highest BCUT2D eigenvalue weighted by molar-refractivity contribution is 7.80. The summed E-state index contributed by atoms with van der Waals surface area (Å²) in [7, 11) is -2.03. The van der Waals surface area contributed by atoms with Gasteiger partial charge in [-0.15, -0.1) is 0 Å². The van der Waals surface area contributed by atoms with Gasteiger partial charge < -0.3 is 14.4 Å². The summed E-state index contributed by atoms with van der Waals surface area (Å²) in [6, 6.07) is 7.53. The Balaban J connectivity index is 2.93. The maximum absolute atomic E-state index is 12.6. The minimum Gasteiger partial charge on any atom is -0.501 e. The maximum atomic E-state index is 12.6. The largest absolute Gasteiger partial charge is 0.501 e. The van der Waals surface area contributed by atoms with Crippen LogP contribution in [-0.2, 0) is 9.30 Å². The highest BCUT2D eigenvalue weighted by atomic mass is 32.1. The van der Waals surface area contributed by atoms with Crippen molar-refractivity contribution in [3.63, 3.8) is 0 Å². The van der Waals surface area contributed by atoms with Crippen molar-refractivity contribution in [2.45, 2.75) is 13.0 Å². The molecule has 0 aliphatic rings. The van der Waals surface area contributed by atoms with Gasteiger partial charge >= 0.3 is 7.52 Å². The topological polar surface area (TPSA) is 91.6 Å². The first-order valence-corrected chi connectivity index (χ1v) is 7.90. The number of ether oxygens (including phenoxy) is 1. The average Bonchev–Trinajstić information content (AvgIpc) is 2.38. The number of nitrogens with zero attached hydrogens (tertiary/aromatic N) is 1. The van der Waals surface area contributed by atoms with Crippen LogP contribution in [-0.4, -0.2) is 29.7 Å². The van der Waals surface area contributed by atoms with E-state index in [0.29, 0.717) is 5.56 Å². The molecule has 108 valence electrons. The van der Waals surface area contributed by atoms with Gasteiger partial charge in [-0.1, -0.05) is 6.07 Å². The van der Waals surface area contributed by atoms with Crippen molar-refractivity contribution in [2.24, 2.45) is 0 Å². The van der Waals surface area contributed by atoms with Gasteiger partial charge in [-0.05, 0) is 37.3 Å². The summed E-state index contributed by atoms with van der Waals surface area (Å²) in [5.74, 6) is 0.271. The first kappa shape index (κ1) is 16.6. The van der Waals surface area contributed by atoms with E-state index in [4.69, 9.17) is 14.5 Å². The van der Waals surface area contributed by atoms with E-state index in [0.717, 1.165) is 0 Å². The Morgan fingerprint density at radius 3 is 2.90 bits per heavy atom. The second-order valence-electron chi connectivity index (χ2n) is 4.01. The van der Waals surface area contributed by atoms with E-state index < -0.39 is 13.6 Å². The monoisotopic (exact) mass is 314 g/mol. The van der Waals surface area contributed by atoms with Gasteiger partial charge in [-0.3, -0.25) is 4.57 Å². The minimum atomic E-state index is -3.41. The number of rotatable bonds is 7. The van der Waals surface area contributed by atoms with Gasteiger partial charge in [0.15, 0.2) is 5.05 Å². The second kappa shape index (κ2) is 7.36. The third-order valence-electron chi connectivity index (χ3n) is 2.28. The predicted octanol–water partition coefficient (Wildman–Crippen LogP) is 2.60. The minimum absolute atomic E-state index is 0.198. The highest BCUT2D eigenvalue weighted by Crippen LogP contribution is 2.43. The summed E-state index contributed by atoms with van der Waals surface area (Å²) in [4.78, 5) is 0. The Bertz CT molecular complexity index is 573. The zero-order chi connectivity index (χ0) is 15.2. The molecule has 0 radical (unpaired) electrons. The quantitative estimate of drug-likeness (QED) is 0.590. The first-order chi connectivity index (χ1) is 9.40. The normalized spacial score (nSPS) is 14.8. The Kier molecular flexibility index (Phi) is 6.11. The number of benzene rings is 1. The fourth-order valence-electron chi connectivity index (χ4n) is 1.40. The van der Waals surface area contributed by atoms with Crippen LogP contribution in [0.4, 0.5) is 0 Å². The lowest BCUT2D eigenvalue weighted by atomic mass is 10.2. The molecule has 1 aromatic carbocycles. The summed E-state index contributed by atoms with van der Waals surface area (Å²) in [6.45, 7) is 1.56. The molecule has 0 aliphatic carbocycles. The molecule has 1 aromatic rings. The number of hydrogen-bond donors (Lipinski definition) is 2. The zero-order valence-electron chi connectivity index (χ0n) is 11.1. The summed E-state index contributed by atoms with van der Waals surface area (Å²) in [6.07, 6.45) is -0.198. The van der Waals surface area contributed by atoms with E-state index in [2.05, 4.69) is 17.3 Å². The Labute approximate surface area is 122 Å². The molecule has 0 heterocycles. The van der Waals surface area contributed by atoms with Crippen molar-refractivity contribution >= 4 is 24.8 Å². The molecule has 0 bridgehead atoms. The van der Waals surface area contributed by atoms with E-state index in [1.807, 2.05) is 6.07 Å². The van der Waals surface area contributed by atoms with Crippen LogP contribution in [0, 0.1) is 11.3 Å². The summed E-state index contributed by atoms with van der Waals surface area (Å²) in [5, 5.41) is 20.3. The Morgan fingerprint density at radius 2 is 2.35 bits per heavy atom. The smallest absolute Gasteiger partial charge is 0.342 e. The summed E-state index contributed by atoms with van der Waals surface area (Å²) in [5.41, 5.74) is 0.386. The van der Waals surface area contributed by atoms with Crippen LogP contribution >= 0.6 is 19.7 Å². The molecular formula is C12H15N2O4PS. The molecule has 2 N–H and O–H groups in total. The van der Waals surface area contributed by atoms with Crippen molar-refractivity contribution < 1.29 is 18.9 Å². The predicted molar refractivity (Wildman–Crippen MR) is 79.1 cm³/mol. The third-order valence-corrected chi connectivity index (χ3v) is 4.51. The van der Waals surface area contributed by atoms with Crippen LogP contribution in [0.5, 0.6) is 5.75 Å². The van der Waals surface area contributed by atoms with Gasteiger partial charge in [0.1, 0.15) is 12.1 Å². The fraction of sp³-hybridized carbons (Fsp3) is 0.333. The van der Waals surface area contributed by atoms with Gasteiger partial charge in [0.05, 0.1) is 17.7 Å². The van der Waals surface area contributed by atoms with Gasteiger partial charge in [0, 0.05) is 7.11 Å². The molecular weight excluding hydrogens is 299 g/mol. The highest BCUT2D eigenvalue weighted by Gasteiger charge is 2.28. The van der Waals surface area contributed by atoms with Crippen molar-refractivity contribution in [1.29, 1.82) is 5.26 Å². The molecule has 1 rings (SSSR count). The zero-order valence-corrected chi connectivity index (χ0v) is 12.8. The van der Waals surface area contributed by atoms with Crippen LogP contribution in [0.15, 0.2) is 24.3 Å². The van der Waals surface area contributed by atoms with E-state index in [9.17, 15) is 9.67 Å². The number of nitriles is 1. The molecule has 2 unspecified atom stereocenters. The van der Waals surface area contributed by atoms with Gasteiger partial charge in [0.25, 0.3) is 0 Å². The van der Waals surface area contributed by atoms with E-state index in [1.165, 1.54) is 13.2 Å². The van der Waals surface area contributed by atoms with Crippen LogP contribution in [0.3, 0.4) is 0 Å². The summed E-state index contributed by atoms with van der Waals surface area (Å²) < 4.78 is 22.9. The Morgan fingerprint density at radius 1 is 1.65 bits per heavy atom. The molecule has 0 amide bonds. The lowest BCUT2D eigenvalue weighted by molar-refractivity contribution is 0.236. The molecule has 0 fully saturated rings. The van der Waals surface area contributed by atoms with Crippen molar-refractivity contribution in [3.8, 4) is 11.8 Å². The molecule has 2 atom stereocenters. The third kappa shape index (κ3) is 4.91. The van der Waals surface area contributed by atoms with Crippen LogP contribution in [0.25, 0.3) is 0 Å². The lowest BCUT2D eigenvalue weighted by Gasteiger charge is -2.22. The van der Waals surface area contributed by atoms with E-state index in [1.54, 1.807) is 25.1 Å². The number of hydrogen-bond acceptors (Lipinski definition) is 5. The number of thiocarbonyl (C=S) groups is 1. The number of methoxy groups -OCH3 is 1. The van der Waals surface area contributed by atoms with Crippen LogP contribution in [0.1, 0.15) is 12.5 Å². The number of aliphatic hydroxyl groups is 1. The van der Waals surface area contributed by atoms with Gasteiger partial charge in [-0.2, -0.15) is 5.26 Å².